The third-order valence-corrected chi connectivity index (χ3v) is 3.33. The number of aromatic nitrogens is 2. The summed E-state index contributed by atoms with van der Waals surface area (Å²) in [6.45, 7) is 0. The molecule has 0 saturated heterocycles. The number of hydrogen-bond acceptors (Lipinski definition) is 3. The monoisotopic (exact) mass is 266 g/mol. The van der Waals surface area contributed by atoms with Crippen molar-refractivity contribution >= 4 is 17.7 Å². The van der Waals surface area contributed by atoms with E-state index in [-0.39, 0.29) is 11.5 Å². The number of rotatable bonds is 3. The van der Waals surface area contributed by atoms with Crippen LogP contribution in [0.2, 0.25) is 0 Å². The Balaban J connectivity index is 2.65. The molecule has 0 unspecified atom stereocenters. The molecular formula is C12H11FN2O2S. The molecule has 0 spiro atoms. The summed E-state index contributed by atoms with van der Waals surface area (Å²) in [5.74, 6) is -1.51. The summed E-state index contributed by atoms with van der Waals surface area (Å²) in [5, 5.41) is 12.7. The Labute approximate surface area is 107 Å². The molecule has 4 nitrogen and oxygen atoms in total. The molecule has 1 N–H and O–H groups in total. The molecule has 0 aliphatic heterocycles. The number of halogens is 1. The second-order valence-corrected chi connectivity index (χ2v) is 4.51. The Morgan fingerprint density at radius 2 is 2.22 bits per heavy atom. The smallest absolute Gasteiger partial charge is 0.356 e. The first-order valence-corrected chi connectivity index (χ1v) is 6.37. The van der Waals surface area contributed by atoms with Gasteiger partial charge in [0, 0.05) is 17.5 Å². The van der Waals surface area contributed by atoms with Crippen molar-refractivity contribution in [1.29, 1.82) is 0 Å². The van der Waals surface area contributed by atoms with E-state index < -0.39 is 5.97 Å². The summed E-state index contributed by atoms with van der Waals surface area (Å²) in [6.07, 6.45) is 1.84. The number of nitrogens with zero attached hydrogens (tertiary/aromatic N) is 2. The standard InChI is InChI=1S/C12H11FN2O2S/c1-15-9(6-8(14-15)12(16)17)11-7(13)4-3-5-10(11)18-2/h3-6H,1-2H3,(H,16,17). The largest absolute Gasteiger partial charge is 0.476 e. The van der Waals surface area contributed by atoms with Gasteiger partial charge in [-0.25, -0.2) is 9.18 Å². The van der Waals surface area contributed by atoms with Crippen molar-refractivity contribution in [3.05, 3.63) is 35.8 Å². The van der Waals surface area contributed by atoms with Crippen LogP contribution < -0.4 is 0 Å². The maximum Gasteiger partial charge on any atom is 0.356 e. The van der Waals surface area contributed by atoms with Crippen LogP contribution in [-0.4, -0.2) is 27.1 Å². The maximum absolute atomic E-state index is 13.9. The lowest BCUT2D eigenvalue weighted by atomic mass is 10.1. The number of thioether (sulfide) groups is 1. The van der Waals surface area contributed by atoms with Crippen LogP contribution in [-0.2, 0) is 7.05 Å². The highest BCUT2D eigenvalue weighted by atomic mass is 32.2. The Morgan fingerprint density at radius 3 is 2.78 bits per heavy atom. The lowest BCUT2D eigenvalue weighted by Crippen LogP contribution is -2.00. The lowest BCUT2D eigenvalue weighted by Gasteiger charge is -2.08. The summed E-state index contributed by atoms with van der Waals surface area (Å²) < 4.78 is 15.3. The number of carboxylic acid groups (broad SMARTS) is 1. The van der Waals surface area contributed by atoms with Crippen molar-refractivity contribution in [2.75, 3.05) is 6.26 Å². The number of carboxylic acids is 1. The molecule has 1 aromatic carbocycles. The molecule has 0 amide bonds. The van der Waals surface area contributed by atoms with Gasteiger partial charge in [0.1, 0.15) is 5.82 Å². The van der Waals surface area contributed by atoms with Crippen LogP contribution in [0.15, 0.2) is 29.2 Å². The molecule has 18 heavy (non-hydrogen) atoms. The second kappa shape index (κ2) is 4.81. The zero-order valence-corrected chi connectivity index (χ0v) is 10.7. The van der Waals surface area contributed by atoms with Gasteiger partial charge in [-0.1, -0.05) is 6.07 Å². The van der Waals surface area contributed by atoms with Crippen LogP contribution >= 0.6 is 11.8 Å². The molecule has 0 bridgehead atoms. The molecule has 0 fully saturated rings. The van der Waals surface area contributed by atoms with E-state index in [0.29, 0.717) is 11.3 Å². The molecular weight excluding hydrogens is 255 g/mol. The van der Waals surface area contributed by atoms with Crippen LogP contribution in [0.25, 0.3) is 11.3 Å². The molecule has 0 aliphatic carbocycles. The Kier molecular flexibility index (Phi) is 3.38. The van der Waals surface area contributed by atoms with Gasteiger partial charge in [-0.3, -0.25) is 4.68 Å². The van der Waals surface area contributed by atoms with Crippen molar-refractivity contribution in [2.45, 2.75) is 4.90 Å². The molecule has 6 heteroatoms. The van der Waals surface area contributed by atoms with Gasteiger partial charge in [0.25, 0.3) is 0 Å². The minimum atomic E-state index is -1.13. The van der Waals surface area contributed by atoms with Gasteiger partial charge in [-0.15, -0.1) is 11.8 Å². The molecule has 0 atom stereocenters. The van der Waals surface area contributed by atoms with Gasteiger partial charge in [0.2, 0.25) is 0 Å². The van der Waals surface area contributed by atoms with E-state index >= 15 is 0 Å². The first-order chi connectivity index (χ1) is 8.54. The topological polar surface area (TPSA) is 55.1 Å². The van der Waals surface area contributed by atoms with Gasteiger partial charge in [-0.2, -0.15) is 5.10 Å². The predicted molar refractivity (Wildman–Crippen MR) is 67.3 cm³/mol. The van der Waals surface area contributed by atoms with Crippen LogP contribution in [0.5, 0.6) is 0 Å². The SMILES string of the molecule is CSc1cccc(F)c1-c1cc(C(=O)O)nn1C. The van der Waals surface area contributed by atoms with E-state index in [4.69, 9.17) is 5.11 Å². The molecule has 0 aliphatic rings. The summed E-state index contributed by atoms with van der Waals surface area (Å²) in [4.78, 5) is 11.6. The number of aromatic carboxylic acids is 1. The van der Waals surface area contributed by atoms with Crippen molar-refractivity contribution in [2.24, 2.45) is 7.05 Å². The molecule has 1 aromatic heterocycles. The number of hydrogen-bond donors (Lipinski definition) is 1. The first kappa shape index (κ1) is 12.6. The zero-order valence-electron chi connectivity index (χ0n) is 9.85. The van der Waals surface area contributed by atoms with E-state index in [1.54, 1.807) is 19.2 Å². The van der Waals surface area contributed by atoms with Crippen molar-refractivity contribution in [3.8, 4) is 11.3 Å². The fourth-order valence-corrected chi connectivity index (χ4v) is 2.35. The molecule has 94 valence electrons. The van der Waals surface area contributed by atoms with Gasteiger partial charge >= 0.3 is 5.97 Å². The van der Waals surface area contributed by atoms with Crippen LogP contribution in [0.4, 0.5) is 4.39 Å². The molecule has 2 aromatic rings. The van der Waals surface area contributed by atoms with Crippen molar-refractivity contribution in [1.82, 2.24) is 9.78 Å². The number of carbonyl (C=O) groups is 1. The van der Waals surface area contributed by atoms with Crippen LogP contribution in [0, 0.1) is 5.82 Å². The number of aryl methyl sites for hydroxylation is 1. The van der Waals surface area contributed by atoms with E-state index in [1.807, 2.05) is 6.26 Å². The average molecular weight is 266 g/mol. The lowest BCUT2D eigenvalue weighted by molar-refractivity contribution is 0.0689. The second-order valence-electron chi connectivity index (χ2n) is 3.66. The highest BCUT2D eigenvalue weighted by molar-refractivity contribution is 7.98. The summed E-state index contributed by atoms with van der Waals surface area (Å²) in [7, 11) is 1.60. The van der Waals surface area contributed by atoms with E-state index in [1.165, 1.54) is 28.6 Å². The maximum atomic E-state index is 13.9. The minimum Gasteiger partial charge on any atom is -0.476 e. The molecule has 0 saturated carbocycles. The van der Waals surface area contributed by atoms with E-state index in [0.717, 1.165) is 4.90 Å². The summed E-state index contributed by atoms with van der Waals surface area (Å²) >= 11 is 1.40. The predicted octanol–water partition coefficient (Wildman–Crippen LogP) is 2.65. The fourth-order valence-electron chi connectivity index (χ4n) is 1.73. The van der Waals surface area contributed by atoms with Gasteiger partial charge in [0.05, 0.1) is 5.69 Å². The Hall–Kier alpha value is -1.82. The summed E-state index contributed by atoms with van der Waals surface area (Å²) in [6, 6.07) is 6.14. The highest BCUT2D eigenvalue weighted by Crippen LogP contribution is 2.32. The number of benzene rings is 1. The first-order valence-electron chi connectivity index (χ1n) is 5.14. The third kappa shape index (κ3) is 2.11. The highest BCUT2D eigenvalue weighted by Gasteiger charge is 2.17. The third-order valence-electron chi connectivity index (χ3n) is 2.55. The zero-order chi connectivity index (χ0) is 13.3. The van der Waals surface area contributed by atoms with Gasteiger partial charge < -0.3 is 5.11 Å². The molecule has 1 heterocycles. The Morgan fingerprint density at radius 1 is 1.50 bits per heavy atom. The van der Waals surface area contributed by atoms with E-state index in [2.05, 4.69) is 5.10 Å². The molecule has 0 radical (unpaired) electrons. The fraction of sp³-hybridized carbons (Fsp3) is 0.167. The normalized spacial score (nSPS) is 10.6. The van der Waals surface area contributed by atoms with Crippen LogP contribution in [0.1, 0.15) is 10.5 Å². The minimum absolute atomic E-state index is 0.0946. The Bertz CT molecular complexity index is 610. The quantitative estimate of drug-likeness (QED) is 0.868. The van der Waals surface area contributed by atoms with E-state index in [9.17, 15) is 9.18 Å². The summed E-state index contributed by atoms with van der Waals surface area (Å²) in [5.41, 5.74) is 0.741. The van der Waals surface area contributed by atoms with Crippen LogP contribution in [0.3, 0.4) is 0 Å². The van der Waals surface area contributed by atoms with Gasteiger partial charge in [-0.05, 0) is 24.5 Å². The molecule has 2 rings (SSSR count). The van der Waals surface area contributed by atoms with Crippen molar-refractivity contribution in [3.63, 3.8) is 0 Å². The van der Waals surface area contributed by atoms with Crippen molar-refractivity contribution < 1.29 is 14.3 Å². The van der Waals surface area contributed by atoms with Gasteiger partial charge in [0.15, 0.2) is 5.69 Å². The average Bonchev–Trinajstić information content (AvgIpc) is 2.71.